The standard InChI is InChI=1S/C17H24O2/c18-11-2-4-12-10(9-11)1-3-14-13(12)5-6-16-15(14)7-8-17(16)19/h9,12-17,19H,1-8H2/t12-,13+,14+,15-,16?,17-/m0/s1. The zero-order valence-corrected chi connectivity index (χ0v) is 11.6. The molecular formula is C17H24O2. The van der Waals surface area contributed by atoms with Crippen LogP contribution < -0.4 is 0 Å². The van der Waals surface area contributed by atoms with E-state index >= 15 is 0 Å². The summed E-state index contributed by atoms with van der Waals surface area (Å²) < 4.78 is 0. The smallest absolute Gasteiger partial charge is 0.155 e. The van der Waals surface area contributed by atoms with Crippen molar-refractivity contribution in [2.45, 2.75) is 57.5 Å². The highest BCUT2D eigenvalue weighted by molar-refractivity contribution is 5.91. The minimum absolute atomic E-state index is 0.0178. The number of allylic oxidation sites excluding steroid dienone is 1. The van der Waals surface area contributed by atoms with Crippen molar-refractivity contribution in [2.24, 2.45) is 29.6 Å². The largest absolute Gasteiger partial charge is 0.393 e. The molecular weight excluding hydrogens is 236 g/mol. The third-order valence-electron chi connectivity index (χ3n) is 6.58. The first-order chi connectivity index (χ1) is 9.24. The molecule has 4 aliphatic carbocycles. The lowest BCUT2D eigenvalue weighted by Gasteiger charge is -2.49. The molecule has 1 unspecified atom stereocenters. The Labute approximate surface area is 115 Å². The monoisotopic (exact) mass is 260 g/mol. The van der Waals surface area contributed by atoms with Crippen LogP contribution in [-0.2, 0) is 4.79 Å². The molecule has 3 saturated carbocycles. The van der Waals surface area contributed by atoms with Crippen LogP contribution >= 0.6 is 0 Å². The van der Waals surface area contributed by atoms with Crippen molar-refractivity contribution in [3.8, 4) is 0 Å². The van der Waals surface area contributed by atoms with Crippen molar-refractivity contribution >= 4 is 5.78 Å². The van der Waals surface area contributed by atoms with E-state index in [0.717, 1.165) is 43.4 Å². The van der Waals surface area contributed by atoms with Gasteiger partial charge in [0.1, 0.15) is 0 Å². The van der Waals surface area contributed by atoms with E-state index in [9.17, 15) is 9.90 Å². The van der Waals surface area contributed by atoms with Gasteiger partial charge in [-0.1, -0.05) is 5.57 Å². The van der Waals surface area contributed by atoms with Gasteiger partial charge >= 0.3 is 0 Å². The molecule has 0 amide bonds. The fraction of sp³-hybridized carbons (Fsp3) is 0.824. The highest BCUT2D eigenvalue weighted by Gasteiger charge is 2.49. The molecule has 0 saturated heterocycles. The highest BCUT2D eigenvalue weighted by Crippen LogP contribution is 2.56. The quantitative estimate of drug-likeness (QED) is 0.726. The maximum Gasteiger partial charge on any atom is 0.155 e. The van der Waals surface area contributed by atoms with Crippen LogP contribution in [0.2, 0.25) is 0 Å². The van der Waals surface area contributed by atoms with Crippen molar-refractivity contribution < 1.29 is 9.90 Å². The molecule has 3 fully saturated rings. The molecule has 0 aliphatic heterocycles. The Morgan fingerprint density at radius 2 is 1.58 bits per heavy atom. The number of hydrogen-bond acceptors (Lipinski definition) is 2. The summed E-state index contributed by atoms with van der Waals surface area (Å²) >= 11 is 0. The molecule has 0 spiro atoms. The molecule has 0 aromatic rings. The molecule has 0 aromatic carbocycles. The molecule has 2 nitrogen and oxygen atoms in total. The van der Waals surface area contributed by atoms with Crippen molar-refractivity contribution in [1.29, 1.82) is 0 Å². The number of aliphatic hydroxyl groups is 1. The molecule has 104 valence electrons. The van der Waals surface area contributed by atoms with E-state index < -0.39 is 0 Å². The average Bonchev–Trinajstić information content (AvgIpc) is 2.80. The van der Waals surface area contributed by atoms with Gasteiger partial charge in [0, 0.05) is 6.42 Å². The first-order valence-electron chi connectivity index (χ1n) is 8.15. The summed E-state index contributed by atoms with van der Waals surface area (Å²) in [6.45, 7) is 0. The first-order valence-corrected chi connectivity index (χ1v) is 8.15. The van der Waals surface area contributed by atoms with E-state index in [4.69, 9.17) is 0 Å². The first kappa shape index (κ1) is 12.1. The number of carbonyl (C=O) groups is 1. The van der Waals surface area contributed by atoms with Crippen molar-refractivity contribution in [1.82, 2.24) is 0 Å². The minimum Gasteiger partial charge on any atom is -0.393 e. The van der Waals surface area contributed by atoms with E-state index in [1.807, 2.05) is 6.08 Å². The van der Waals surface area contributed by atoms with Crippen LogP contribution in [0.5, 0.6) is 0 Å². The van der Waals surface area contributed by atoms with Gasteiger partial charge in [0.25, 0.3) is 0 Å². The van der Waals surface area contributed by atoms with E-state index in [-0.39, 0.29) is 6.10 Å². The van der Waals surface area contributed by atoms with E-state index in [1.54, 1.807) is 0 Å². The predicted octanol–water partition coefficient (Wildman–Crippen LogP) is 3.10. The Morgan fingerprint density at radius 3 is 2.47 bits per heavy atom. The lowest BCUT2D eigenvalue weighted by atomic mass is 9.56. The average molecular weight is 260 g/mol. The summed E-state index contributed by atoms with van der Waals surface area (Å²) in [5.41, 5.74) is 1.47. The van der Waals surface area contributed by atoms with Gasteiger partial charge in [-0.3, -0.25) is 4.79 Å². The van der Waals surface area contributed by atoms with Crippen LogP contribution in [0.4, 0.5) is 0 Å². The van der Waals surface area contributed by atoms with Crippen molar-refractivity contribution in [3.05, 3.63) is 11.6 Å². The molecule has 19 heavy (non-hydrogen) atoms. The Balaban J connectivity index is 1.60. The van der Waals surface area contributed by atoms with Crippen LogP contribution in [0.3, 0.4) is 0 Å². The van der Waals surface area contributed by atoms with Crippen LogP contribution in [0, 0.1) is 29.6 Å². The zero-order chi connectivity index (χ0) is 13.0. The van der Waals surface area contributed by atoms with Gasteiger partial charge in [-0.2, -0.15) is 0 Å². The lowest BCUT2D eigenvalue weighted by Crippen LogP contribution is -2.42. The Hall–Kier alpha value is -0.630. The molecule has 0 bridgehead atoms. The van der Waals surface area contributed by atoms with Gasteiger partial charge in [0.05, 0.1) is 6.10 Å². The number of hydrogen-bond donors (Lipinski definition) is 1. The van der Waals surface area contributed by atoms with Crippen molar-refractivity contribution in [3.63, 3.8) is 0 Å². The van der Waals surface area contributed by atoms with E-state index in [1.165, 1.54) is 31.3 Å². The number of ketones is 1. The normalized spacial score (nSPS) is 49.1. The van der Waals surface area contributed by atoms with E-state index in [0.29, 0.717) is 17.6 Å². The summed E-state index contributed by atoms with van der Waals surface area (Å²) in [5.74, 6) is 4.10. The second kappa shape index (κ2) is 4.44. The topological polar surface area (TPSA) is 37.3 Å². The second-order valence-corrected chi connectivity index (χ2v) is 7.25. The van der Waals surface area contributed by atoms with Gasteiger partial charge < -0.3 is 5.11 Å². The molecule has 0 radical (unpaired) electrons. The second-order valence-electron chi connectivity index (χ2n) is 7.25. The Morgan fingerprint density at radius 1 is 0.842 bits per heavy atom. The minimum atomic E-state index is -0.0178. The van der Waals surface area contributed by atoms with Gasteiger partial charge in [-0.25, -0.2) is 0 Å². The molecule has 4 aliphatic rings. The summed E-state index contributed by atoms with van der Waals surface area (Å²) in [5, 5.41) is 10.1. The Bertz CT molecular complexity index is 425. The van der Waals surface area contributed by atoms with Crippen LogP contribution in [0.25, 0.3) is 0 Å². The number of aliphatic hydroxyl groups excluding tert-OH is 1. The van der Waals surface area contributed by atoms with Gasteiger partial charge in [0.2, 0.25) is 0 Å². The molecule has 6 atom stereocenters. The maximum absolute atomic E-state index is 11.6. The number of fused-ring (bicyclic) bond motifs is 5. The fourth-order valence-corrected chi connectivity index (χ4v) is 5.81. The van der Waals surface area contributed by atoms with Crippen LogP contribution in [0.1, 0.15) is 51.4 Å². The summed E-state index contributed by atoms with van der Waals surface area (Å²) in [7, 11) is 0. The fourth-order valence-electron chi connectivity index (χ4n) is 5.81. The van der Waals surface area contributed by atoms with Gasteiger partial charge in [-0.05, 0) is 80.6 Å². The maximum atomic E-state index is 11.6. The van der Waals surface area contributed by atoms with Crippen LogP contribution in [-0.4, -0.2) is 17.0 Å². The van der Waals surface area contributed by atoms with E-state index in [2.05, 4.69) is 0 Å². The molecule has 2 heteroatoms. The van der Waals surface area contributed by atoms with Crippen molar-refractivity contribution in [2.75, 3.05) is 0 Å². The SMILES string of the molecule is O=C1C=C2CC[C@@H]3[C@H](CCC4[C@H]3CC[C@@H]4O)[C@H]2CC1. The summed E-state index contributed by atoms with van der Waals surface area (Å²) in [6, 6.07) is 0. The third-order valence-corrected chi connectivity index (χ3v) is 6.58. The summed E-state index contributed by atoms with van der Waals surface area (Å²) in [6.07, 6.45) is 11.0. The van der Waals surface area contributed by atoms with Gasteiger partial charge in [0.15, 0.2) is 5.78 Å². The van der Waals surface area contributed by atoms with Gasteiger partial charge in [-0.15, -0.1) is 0 Å². The molecule has 0 aromatic heterocycles. The third kappa shape index (κ3) is 1.83. The van der Waals surface area contributed by atoms with Crippen LogP contribution in [0.15, 0.2) is 11.6 Å². The molecule has 0 heterocycles. The molecule has 4 rings (SSSR count). The predicted molar refractivity (Wildman–Crippen MR) is 73.5 cm³/mol. The summed E-state index contributed by atoms with van der Waals surface area (Å²) in [4.78, 5) is 11.6. The Kier molecular flexibility index (Phi) is 2.84. The highest BCUT2D eigenvalue weighted by atomic mass is 16.3. The zero-order valence-electron chi connectivity index (χ0n) is 11.6. The molecule has 1 N–H and O–H groups in total. The number of rotatable bonds is 0. The number of carbonyl (C=O) groups excluding carboxylic acids is 1. The lowest BCUT2D eigenvalue weighted by molar-refractivity contribution is -0.115.